The number of nitrogens with one attached hydrogen (secondary N) is 1. The van der Waals surface area contributed by atoms with Crippen LogP contribution in [0.2, 0.25) is 18.1 Å². The normalized spacial score (nSPS) is 19.9. The minimum absolute atomic E-state index is 0.251. The monoisotopic (exact) mass is 500 g/mol. The molecule has 0 spiro atoms. The van der Waals surface area contributed by atoms with Crippen LogP contribution in [0.15, 0.2) is 0 Å². The summed E-state index contributed by atoms with van der Waals surface area (Å²) in [5.41, 5.74) is 0. The molecule has 0 radical (unpaired) electrons. The predicted molar refractivity (Wildman–Crippen MR) is 141 cm³/mol. The van der Waals surface area contributed by atoms with Crippen molar-refractivity contribution in [2.75, 3.05) is 26.2 Å². The highest BCUT2D eigenvalue weighted by molar-refractivity contribution is 6.74. The van der Waals surface area contributed by atoms with Gasteiger partial charge in [-0.1, -0.05) is 46.5 Å². The number of hydrogen-bond acceptors (Lipinski definition) is 5. The number of carboxylic acids is 2. The Bertz CT molecular complexity index is 562. The van der Waals surface area contributed by atoms with Gasteiger partial charge in [-0.25, -0.2) is 0 Å². The zero-order valence-corrected chi connectivity index (χ0v) is 23.5. The number of rotatable bonds is 18. The van der Waals surface area contributed by atoms with Crippen LogP contribution < -0.4 is 5.32 Å². The maximum absolute atomic E-state index is 10.7. The van der Waals surface area contributed by atoms with Crippen LogP contribution in [0.25, 0.3) is 0 Å². The summed E-state index contributed by atoms with van der Waals surface area (Å²) in [5, 5.41) is 21.7. The van der Waals surface area contributed by atoms with Crippen molar-refractivity contribution in [1.29, 1.82) is 0 Å². The van der Waals surface area contributed by atoms with Gasteiger partial charge in [0, 0.05) is 44.6 Å². The summed E-state index contributed by atoms with van der Waals surface area (Å²) < 4.78 is 6.34. The van der Waals surface area contributed by atoms with Crippen LogP contribution in [-0.2, 0) is 14.0 Å². The van der Waals surface area contributed by atoms with E-state index in [1.807, 2.05) is 0 Å². The number of carboxylic acid groups (broad SMARTS) is 2. The van der Waals surface area contributed by atoms with Gasteiger partial charge in [-0.05, 0) is 63.2 Å². The number of nitrogens with zero attached hydrogens (tertiary/aromatic N) is 1. The number of aliphatic carboxylic acids is 2. The molecule has 1 fully saturated rings. The number of carbonyl (C=O) groups is 2. The summed E-state index contributed by atoms with van der Waals surface area (Å²) in [6.07, 6.45) is 10.5. The molecule has 2 unspecified atom stereocenters. The maximum atomic E-state index is 10.7. The number of piperazine rings is 1. The Morgan fingerprint density at radius 3 is 1.79 bits per heavy atom. The fourth-order valence-corrected chi connectivity index (χ4v) is 5.42. The lowest BCUT2D eigenvalue weighted by Crippen LogP contribution is -2.56. The van der Waals surface area contributed by atoms with E-state index in [0.29, 0.717) is 12.1 Å². The van der Waals surface area contributed by atoms with Crippen molar-refractivity contribution >= 4 is 20.3 Å². The van der Waals surface area contributed by atoms with E-state index in [1.54, 1.807) is 0 Å². The molecule has 0 aliphatic carbocycles. The second-order valence-electron chi connectivity index (χ2n) is 11.6. The molecule has 1 rings (SSSR count). The molecule has 1 aliphatic rings. The van der Waals surface area contributed by atoms with Gasteiger partial charge < -0.3 is 24.9 Å². The van der Waals surface area contributed by atoms with Crippen LogP contribution in [-0.4, -0.2) is 73.7 Å². The molecule has 200 valence electrons. The number of hydrogen-bond donors (Lipinski definition) is 3. The molecule has 0 aromatic heterocycles. The lowest BCUT2D eigenvalue weighted by molar-refractivity contribution is -0.138. The van der Waals surface area contributed by atoms with E-state index >= 15 is 0 Å². The second kappa shape index (κ2) is 15.9. The molecule has 1 saturated heterocycles. The average molecular weight is 501 g/mol. The Hall–Kier alpha value is -0.963. The van der Waals surface area contributed by atoms with Gasteiger partial charge in [0.1, 0.15) is 0 Å². The van der Waals surface area contributed by atoms with Crippen LogP contribution in [0.4, 0.5) is 0 Å². The van der Waals surface area contributed by atoms with Gasteiger partial charge >= 0.3 is 11.9 Å². The minimum Gasteiger partial charge on any atom is -0.481 e. The van der Waals surface area contributed by atoms with Gasteiger partial charge in [-0.2, -0.15) is 0 Å². The molecule has 3 N–H and O–H groups in total. The van der Waals surface area contributed by atoms with Crippen molar-refractivity contribution in [3.05, 3.63) is 0 Å². The van der Waals surface area contributed by atoms with Gasteiger partial charge in [0.05, 0.1) is 0 Å². The summed E-state index contributed by atoms with van der Waals surface area (Å²) in [6, 6.07) is 0.900. The summed E-state index contributed by atoms with van der Waals surface area (Å²) in [7, 11) is -1.67. The van der Waals surface area contributed by atoms with Crippen molar-refractivity contribution in [1.82, 2.24) is 10.2 Å². The van der Waals surface area contributed by atoms with E-state index < -0.39 is 20.3 Å². The summed E-state index contributed by atoms with van der Waals surface area (Å²) >= 11 is 0. The lowest BCUT2D eigenvalue weighted by atomic mass is 9.99. The van der Waals surface area contributed by atoms with Gasteiger partial charge in [0.15, 0.2) is 8.32 Å². The van der Waals surface area contributed by atoms with Crippen molar-refractivity contribution in [3.63, 3.8) is 0 Å². The molecule has 2 atom stereocenters. The molecule has 0 aromatic rings. The quantitative estimate of drug-likeness (QED) is 0.169. The lowest BCUT2D eigenvalue weighted by Gasteiger charge is -2.39. The molecule has 0 bridgehead atoms. The topological polar surface area (TPSA) is 99.1 Å². The first-order valence-electron chi connectivity index (χ1n) is 13.5. The molecule has 34 heavy (non-hydrogen) atoms. The highest BCUT2D eigenvalue weighted by Crippen LogP contribution is 2.36. The van der Waals surface area contributed by atoms with Crippen LogP contribution in [0.1, 0.15) is 97.8 Å². The van der Waals surface area contributed by atoms with Crippen LogP contribution >= 0.6 is 0 Å². The highest BCUT2D eigenvalue weighted by atomic mass is 28.4. The Balaban J connectivity index is 2.43. The molecular weight excluding hydrogens is 448 g/mol. The summed E-state index contributed by atoms with van der Waals surface area (Å²) in [5.74, 6) is -1.41. The Morgan fingerprint density at radius 2 is 1.35 bits per heavy atom. The first-order valence-corrected chi connectivity index (χ1v) is 16.4. The molecule has 7 nitrogen and oxygen atoms in total. The molecule has 8 heteroatoms. The molecular formula is C26H52N2O5Si. The molecule has 0 aromatic carbocycles. The van der Waals surface area contributed by atoms with E-state index in [1.165, 1.54) is 0 Å². The van der Waals surface area contributed by atoms with Gasteiger partial charge in [0.2, 0.25) is 0 Å². The van der Waals surface area contributed by atoms with Crippen molar-refractivity contribution in [2.45, 2.75) is 128 Å². The Morgan fingerprint density at radius 1 is 0.853 bits per heavy atom. The number of unbranched alkanes of at least 4 members (excludes halogenated alkanes) is 5. The SMILES string of the molecule is CC(C)(C)[Si](C)(C)OCCCCN1CC(CCCCCC(=O)O)NC(CCCCCC(=O)O)C1. The minimum atomic E-state index is -1.67. The third-order valence-electron chi connectivity index (χ3n) is 7.45. The van der Waals surface area contributed by atoms with E-state index in [9.17, 15) is 9.59 Å². The summed E-state index contributed by atoms with van der Waals surface area (Å²) in [6.45, 7) is 15.5. The zero-order chi connectivity index (χ0) is 25.6. The fourth-order valence-electron chi connectivity index (χ4n) is 4.34. The molecule has 0 amide bonds. The van der Waals surface area contributed by atoms with Gasteiger partial charge in [-0.3, -0.25) is 9.59 Å². The predicted octanol–water partition coefficient (Wildman–Crippen LogP) is 5.50. The maximum Gasteiger partial charge on any atom is 0.303 e. The van der Waals surface area contributed by atoms with Crippen molar-refractivity contribution in [2.24, 2.45) is 0 Å². The first kappa shape index (κ1) is 31.1. The van der Waals surface area contributed by atoms with Crippen LogP contribution in [0, 0.1) is 0 Å². The van der Waals surface area contributed by atoms with Crippen LogP contribution in [0.5, 0.6) is 0 Å². The van der Waals surface area contributed by atoms with Gasteiger partial charge in [0.25, 0.3) is 0 Å². The third-order valence-corrected chi connectivity index (χ3v) is 12.0. The summed E-state index contributed by atoms with van der Waals surface area (Å²) in [4.78, 5) is 24.0. The molecule has 1 aliphatic heterocycles. The van der Waals surface area contributed by atoms with E-state index in [0.717, 1.165) is 90.4 Å². The highest BCUT2D eigenvalue weighted by Gasteiger charge is 2.36. The average Bonchev–Trinajstić information content (AvgIpc) is 2.71. The zero-order valence-electron chi connectivity index (χ0n) is 22.5. The van der Waals surface area contributed by atoms with E-state index in [-0.39, 0.29) is 17.9 Å². The van der Waals surface area contributed by atoms with Crippen molar-refractivity contribution in [3.8, 4) is 0 Å². The standard InChI is InChI=1S/C26H52N2O5Si/c1-26(2,3)34(4,5)33-19-13-12-18-28-20-22(14-8-6-10-16-24(29)30)27-23(21-28)15-9-7-11-17-25(31)32/h22-23,27H,6-21H2,1-5H3,(H,29,30)(H,31,32). The fraction of sp³-hybridized carbons (Fsp3) is 0.923. The smallest absolute Gasteiger partial charge is 0.303 e. The van der Waals surface area contributed by atoms with Crippen LogP contribution in [0.3, 0.4) is 0 Å². The van der Waals surface area contributed by atoms with E-state index in [4.69, 9.17) is 14.6 Å². The first-order chi connectivity index (χ1) is 15.9. The molecule has 0 saturated carbocycles. The van der Waals surface area contributed by atoms with E-state index in [2.05, 4.69) is 44.1 Å². The van der Waals surface area contributed by atoms with Crippen molar-refractivity contribution < 1.29 is 24.2 Å². The third kappa shape index (κ3) is 13.8. The molecule has 1 heterocycles. The largest absolute Gasteiger partial charge is 0.481 e. The van der Waals surface area contributed by atoms with Gasteiger partial charge in [-0.15, -0.1) is 0 Å². The Kier molecular flexibility index (Phi) is 14.5. The Labute approximate surface area is 209 Å². The second-order valence-corrected chi connectivity index (χ2v) is 16.4.